The van der Waals surface area contributed by atoms with Gasteiger partial charge in [-0.3, -0.25) is 15.0 Å². The molecule has 8 heteroatoms. The second-order valence-corrected chi connectivity index (χ2v) is 8.67. The second kappa shape index (κ2) is 12.3. The molecule has 0 spiro atoms. The maximum Gasteiger partial charge on any atom is 0.339 e. The van der Waals surface area contributed by atoms with E-state index < -0.39 is 11.9 Å². The third-order valence-corrected chi connectivity index (χ3v) is 5.97. The molecular formula is C31H28N4O4. The average Bonchev–Trinajstić information content (AvgIpc) is 2.96. The van der Waals surface area contributed by atoms with Crippen molar-refractivity contribution in [3.8, 4) is 11.1 Å². The number of anilines is 1. The predicted molar refractivity (Wildman–Crippen MR) is 151 cm³/mol. The Bertz CT molecular complexity index is 1520. The molecule has 39 heavy (non-hydrogen) atoms. The largest absolute Gasteiger partial charge is 0.457 e. The number of benzene rings is 4. The molecule has 4 rings (SSSR count). The van der Waals surface area contributed by atoms with Crippen molar-refractivity contribution in [3.05, 3.63) is 125 Å². The molecule has 0 aliphatic carbocycles. The minimum absolute atomic E-state index is 0.0584. The lowest BCUT2D eigenvalue weighted by atomic mass is 9.93. The van der Waals surface area contributed by atoms with Crippen molar-refractivity contribution >= 4 is 29.3 Å². The molecule has 2 amide bonds. The quantitative estimate of drug-likeness (QED) is 0.140. The fourth-order valence-corrected chi connectivity index (χ4v) is 4.00. The SMILES string of the molecule is CCNC(=O)c1ccc(-c2ccccc2C(=O)Nc2ccc(C(=N)N)cc2)c(C(=O)OCc2ccccc2)c1. The molecule has 0 bridgehead atoms. The minimum atomic E-state index is -0.616. The average molecular weight is 521 g/mol. The summed E-state index contributed by atoms with van der Waals surface area (Å²) in [7, 11) is 0. The van der Waals surface area contributed by atoms with E-state index in [1.54, 1.807) is 60.7 Å². The third-order valence-electron chi connectivity index (χ3n) is 5.97. The number of hydrogen-bond donors (Lipinski definition) is 4. The van der Waals surface area contributed by atoms with Gasteiger partial charge in [0.2, 0.25) is 0 Å². The van der Waals surface area contributed by atoms with Crippen LogP contribution in [-0.2, 0) is 11.3 Å². The van der Waals surface area contributed by atoms with Crippen molar-refractivity contribution in [1.82, 2.24) is 5.32 Å². The highest BCUT2D eigenvalue weighted by Crippen LogP contribution is 2.30. The Hall–Kier alpha value is -5.24. The molecule has 0 heterocycles. The van der Waals surface area contributed by atoms with E-state index >= 15 is 0 Å². The van der Waals surface area contributed by atoms with Crippen LogP contribution in [0.4, 0.5) is 5.69 Å². The van der Waals surface area contributed by atoms with E-state index in [0.717, 1.165) is 5.56 Å². The molecule has 4 aromatic rings. The predicted octanol–water partition coefficient (Wildman–Crippen LogP) is 5.00. The van der Waals surface area contributed by atoms with E-state index in [-0.39, 0.29) is 23.9 Å². The summed E-state index contributed by atoms with van der Waals surface area (Å²) in [4.78, 5) is 39.2. The van der Waals surface area contributed by atoms with Gasteiger partial charge in [0.05, 0.1) is 5.56 Å². The summed E-state index contributed by atoms with van der Waals surface area (Å²) in [6.07, 6.45) is 0. The van der Waals surface area contributed by atoms with Gasteiger partial charge in [-0.2, -0.15) is 0 Å². The van der Waals surface area contributed by atoms with E-state index in [1.807, 2.05) is 37.3 Å². The lowest BCUT2D eigenvalue weighted by Crippen LogP contribution is -2.23. The molecule has 0 unspecified atom stereocenters. The smallest absolute Gasteiger partial charge is 0.339 e. The van der Waals surface area contributed by atoms with Crippen molar-refractivity contribution in [1.29, 1.82) is 5.41 Å². The second-order valence-electron chi connectivity index (χ2n) is 8.67. The highest BCUT2D eigenvalue weighted by Gasteiger charge is 2.21. The van der Waals surface area contributed by atoms with Crippen LogP contribution in [0, 0.1) is 5.41 Å². The number of carbonyl (C=O) groups is 3. The Morgan fingerprint density at radius 3 is 2.10 bits per heavy atom. The summed E-state index contributed by atoms with van der Waals surface area (Å²) in [5.41, 5.74) is 9.16. The van der Waals surface area contributed by atoms with E-state index in [4.69, 9.17) is 15.9 Å². The number of esters is 1. The Morgan fingerprint density at radius 1 is 0.769 bits per heavy atom. The van der Waals surface area contributed by atoms with Gasteiger partial charge >= 0.3 is 5.97 Å². The van der Waals surface area contributed by atoms with Gasteiger partial charge in [-0.1, -0.05) is 54.6 Å². The van der Waals surface area contributed by atoms with Crippen LogP contribution in [-0.4, -0.2) is 30.2 Å². The molecule has 5 N–H and O–H groups in total. The molecule has 0 aliphatic heterocycles. The number of rotatable bonds is 9. The highest BCUT2D eigenvalue weighted by atomic mass is 16.5. The number of amidine groups is 1. The van der Waals surface area contributed by atoms with Crippen LogP contribution in [0.1, 0.15) is 49.1 Å². The van der Waals surface area contributed by atoms with Crippen LogP contribution in [0.3, 0.4) is 0 Å². The Balaban J connectivity index is 1.69. The number of hydrogen-bond acceptors (Lipinski definition) is 5. The third kappa shape index (κ3) is 6.56. The van der Waals surface area contributed by atoms with E-state index in [2.05, 4.69) is 10.6 Å². The number of nitrogen functional groups attached to an aromatic ring is 1. The Morgan fingerprint density at radius 2 is 1.41 bits per heavy atom. The monoisotopic (exact) mass is 520 g/mol. The first-order valence-electron chi connectivity index (χ1n) is 12.4. The maximum atomic E-state index is 13.3. The van der Waals surface area contributed by atoms with Gasteiger partial charge < -0.3 is 21.1 Å². The number of ether oxygens (including phenoxy) is 1. The first-order valence-corrected chi connectivity index (χ1v) is 12.4. The molecule has 0 radical (unpaired) electrons. The van der Waals surface area contributed by atoms with Crippen LogP contribution in [0.25, 0.3) is 11.1 Å². The van der Waals surface area contributed by atoms with Gasteiger partial charge in [-0.25, -0.2) is 4.79 Å². The molecule has 4 aromatic carbocycles. The Labute approximate surface area is 226 Å². The number of amides is 2. The molecule has 0 saturated carbocycles. The van der Waals surface area contributed by atoms with Crippen molar-refractivity contribution in [3.63, 3.8) is 0 Å². The van der Waals surface area contributed by atoms with Crippen LogP contribution < -0.4 is 16.4 Å². The van der Waals surface area contributed by atoms with Crippen LogP contribution in [0.2, 0.25) is 0 Å². The topological polar surface area (TPSA) is 134 Å². The normalized spacial score (nSPS) is 10.4. The van der Waals surface area contributed by atoms with Crippen molar-refractivity contribution < 1.29 is 19.1 Å². The summed E-state index contributed by atoms with van der Waals surface area (Å²) in [5, 5.41) is 13.1. The molecule has 0 aliphatic rings. The summed E-state index contributed by atoms with van der Waals surface area (Å²) < 4.78 is 5.60. The van der Waals surface area contributed by atoms with Gasteiger partial charge in [0.25, 0.3) is 11.8 Å². The fraction of sp³-hybridized carbons (Fsp3) is 0.0968. The fourth-order valence-electron chi connectivity index (χ4n) is 4.00. The van der Waals surface area contributed by atoms with Gasteiger partial charge in [-0.15, -0.1) is 0 Å². The van der Waals surface area contributed by atoms with Crippen LogP contribution >= 0.6 is 0 Å². The molecule has 0 fully saturated rings. The molecular weight excluding hydrogens is 492 g/mol. The maximum absolute atomic E-state index is 13.3. The molecule has 0 saturated heterocycles. The molecule has 196 valence electrons. The van der Waals surface area contributed by atoms with E-state index in [1.165, 1.54) is 6.07 Å². The molecule has 0 atom stereocenters. The summed E-state index contributed by atoms with van der Waals surface area (Å²) in [5.74, 6) is -1.39. The lowest BCUT2D eigenvalue weighted by molar-refractivity contribution is 0.0473. The molecule has 0 aromatic heterocycles. The van der Waals surface area contributed by atoms with Crippen molar-refractivity contribution in [2.75, 3.05) is 11.9 Å². The zero-order chi connectivity index (χ0) is 27.8. The summed E-state index contributed by atoms with van der Waals surface area (Å²) in [6.45, 7) is 2.30. The van der Waals surface area contributed by atoms with Crippen molar-refractivity contribution in [2.45, 2.75) is 13.5 Å². The number of nitrogens with one attached hydrogen (secondary N) is 3. The van der Waals surface area contributed by atoms with Gasteiger partial charge in [0.15, 0.2) is 0 Å². The van der Waals surface area contributed by atoms with Crippen LogP contribution in [0.15, 0.2) is 97.1 Å². The van der Waals surface area contributed by atoms with Gasteiger partial charge in [-0.05, 0) is 66.1 Å². The zero-order valence-corrected chi connectivity index (χ0v) is 21.4. The zero-order valence-electron chi connectivity index (χ0n) is 21.4. The van der Waals surface area contributed by atoms with E-state index in [0.29, 0.717) is 40.0 Å². The van der Waals surface area contributed by atoms with Crippen molar-refractivity contribution in [2.24, 2.45) is 5.73 Å². The minimum Gasteiger partial charge on any atom is -0.457 e. The van der Waals surface area contributed by atoms with Crippen LogP contribution in [0.5, 0.6) is 0 Å². The van der Waals surface area contributed by atoms with E-state index in [9.17, 15) is 14.4 Å². The Kier molecular flexibility index (Phi) is 8.48. The standard InChI is InChI=1S/C31H28N4O4/c1-2-34-29(36)22-14-17-25(27(18-22)31(38)39-19-20-8-4-3-5-9-20)24-10-6-7-11-26(24)30(37)35-23-15-12-21(13-16-23)28(32)33/h3-18H,2,19H2,1H3,(H3,32,33)(H,34,36)(H,35,37). The highest BCUT2D eigenvalue weighted by molar-refractivity contribution is 6.11. The number of nitrogens with two attached hydrogens (primary N) is 1. The van der Waals surface area contributed by atoms with Gasteiger partial charge in [0, 0.05) is 28.9 Å². The lowest BCUT2D eigenvalue weighted by Gasteiger charge is -2.15. The summed E-state index contributed by atoms with van der Waals surface area (Å²) >= 11 is 0. The molecule has 8 nitrogen and oxygen atoms in total. The summed E-state index contributed by atoms with van der Waals surface area (Å²) in [6, 6.07) is 27.5. The first-order chi connectivity index (χ1) is 18.9. The first kappa shape index (κ1) is 26.8. The number of carbonyl (C=O) groups excluding carboxylic acids is 3. The van der Waals surface area contributed by atoms with Gasteiger partial charge in [0.1, 0.15) is 12.4 Å².